The summed E-state index contributed by atoms with van der Waals surface area (Å²) in [5.41, 5.74) is 5.83. The SMILES string of the molecule is CCNC(C)CC(=O)NC1CCC(N)CC1. The molecule has 4 N–H and O–H groups in total. The summed E-state index contributed by atoms with van der Waals surface area (Å²) in [6.45, 7) is 5.00. The molecule has 16 heavy (non-hydrogen) atoms. The van der Waals surface area contributed by atoms with Crippen LogP contribution in [0.2, 0.25) is 0 Å². The molecule has 94 valence electrons. The first-order valence-electron chi connectivity index (χ1n) is 6.40. The standard InChI is InChI=1S/C12H25N3O/c1-3-14-9(2)8-12(16)15-11-6-4-10(13)5-7-11/h9-11,14H,3-8,13H2,1-2H3,(H,15,16). The molecule has 0 aromatic carbocycles. The van der Waals surface area contributed by atoms with Gasteiger partial charge in [0.15, 0.2) is 0 Å². The van der Waals surface area contributed by atoms with Crippen LogP contribution in [-0.4, -0.2) is 30.6 Å². The number of hydrogen-bond donors (Lipinski definition) is 3. The number of nitrogens with two attached hydrogens (primary N) is 1. The Morgan fingerprint density at radius 2 is 2.00 bits per heavy atom. The number of amides is 1. The maximum atomic E-state index is 11.7. The zero-order valence-electron chi connectivity index (χ0n) is 10.5. The summed E-state index contributed by atoms with van der Waals surface area (Å²) in [6, 6.07) is 0.950. The van der Waals surface area contributed by atoms with Gasteiger partial charge in [0, 0.05) is 24.5 Å². The highest BCUT2D eigenvalue weighted by atomic mass is 16.1. The molecule has 0 aromatic rings. The molecule has 1 saturated carbocycles. The van der Waals surface area contributed by atoms with E-state index in [0.29, 0.717) is 18.5 Å². The molecule has 1 rings (SSSR count). The summed E-state index contributed by atoms with van der Waals surface area (Å²) in [5, 5.41) is 6.33. The van der Waals surface area contributed by atoms with Crippen LogP contribution in [0.25, 0.3) is 0 Å². The van der Waals surface area contributed by atoms with Crippen LogP contribution in [0.15, 0.2) is 0 Å². The van der Waals surface area contributed by atoms with Gasteiger partial charge in [0.25, 0.3) is 0 Å². The van der Waals surface area contributed by atoms with E-state index < -0.39 is 0 Å². The fraction of sp³-hybridized carbons (Fsp3) is 0.917. The molecule has 0 aromatic heterocycles. The van der Waals surface area contributed by atoms with Crippen LogP contribution < -0.4 is 16.4 Å². The van der Waals surface area contributed by atoms with E-state index in [2.05, 4.69) is 17.6 Å². The van der Waals surface area contributed by atoms with Crippen molar-refractivity contribution in [2.24, 2.45) is 5.73 Å². The molecule has 1 atom stereocenters. The topological polar surface area (TPSA) is 67.2 Å². The lowest BCUT2D eigenvalue weighted by Crippen LogP contribution is -2.42. The Bertz CT molecular complexity index is 212. The van der Waals surface area contributed by atoms with Crippen molar-refractivity contribution in [3.05, 3.63) is 0 Å². The quantitative estimate of drug-likeness (QED) is 0.649. The van der Waals surface area contributed by atoms with E-state index in [-0.39, 0.29) is 11.9 Å². The van der Waals surface area contributed by atoms with Crippen molar-refractivity contribution in [1.82, 2.24) is 10.6 Å². The third-order valence-corrected chi connectivity index (χ3v) is 3.18. The number of hydrogen-bond acceptors (Lipinski definition) is 3. The van der Waals surface area contributed by atoms with Gasteiger partial charge in [0.05, 0.1) is 0 Å². The molecule has 0 bridgehead atoms. The first-order valence-corrected chi connectivity index (χ1v) is 6.40. The Morgan fingerprint density at radius 3 is 2.56 bits per heavy atom. The van der Waals surface area contributed by atoms with Crippen LogP contribution >= 0.6 is 0 Å². The van der Waals surface area contributed by atoms with E-state index in [1.54, 1.807) is 0 Å². The summed E-state index contributed by atoms with van der Waals surface area (Å²) >= 11 is 0. The van der Waals surface area contributed by atoms with Gasteiger partial charge < -0.3 is 16.4 Å². The summed E-state index contributed by atoms with van der Waals surface area (Å²) in [5.74, 6) is 0.161. The van der Waals surface area contributed by atoms with Crippen molar-refractivity contribution in [3.63, 3.8) is 0 Å². The van der Waals surface area contributed by atoms with Crippen LogP contribution in [0, 0.1) is 0 Å². The van der Waals surface area contributed by atoms with E-state index in [1.807, 2.05) is 6.92 Å². The molecule has 0 radical (unpaired) electrons. The van der Waals surface area contributed by atoms with Crippen LogP contribution in [0.5, 0.6) is 0 Å². The minimum Gasteiger partial charge on any atom is -0.353 e. The molecular weight excluding hydrogens is 202 g/mol. The van der Waals surface area contributed by atoms with Gasteiger partial charge in [-0.1, -0.05) is 6.92 Å². The Labute approximate surface area is 98.3 Å². The highest BCUT2D eigenvalue weighted by molar-refractivity contribution is 5.76. The van der Waals surface area contributed by atoms with Gasteiger partial charge in [-0.2, -0.15) is 0 Å². The van der Waals surface area contributed by atoms with Crippen molar-refractivity contribution in [3.8, 4) is 0 Å². The Balaban J connectivity index is 2.18. The zero-order valence-corrected chi connectivity index (χ0v) is 10.5. The second-order valence-electron chi connectivity index (χ2n) is 4.84. The predicted molar refractivity (Wildman–Crippen MR) is 66.1 cm³/mol. The summed E-state index contributed by atoms with van der Waals surface area (Å²) in [7, 11) is 0. The minimum absolute atomic E-state index is 0.161. The van der Waals surface area contributed by atoms with E-state index in [4.69, 9.17) is 5.73 Å². The number of nitrogens with one attached hydrogen (secondary N) is 2. The molecule has 0 spiro atoms. The van der Waals surface area contributed by atoms with E-state index in [0.717, 1.165) is 32.2 Å². The minimum atomic E-state index is 0.161. The van der Waals surface area contributed by atoms with E-state index >= 15 is 0 Å². The molecule has 1 aliphatic rings. The number of rotatable bonds is 5. The zero-order chi connectivity index (χ0) is 12.0. The van der Waals surface area contributed by atoms with Gasteiger partial charge in [0.2, 0.25) is 5.91 Å². The van der Waals surface area contributed by atoms with Crippen molar-refractivity contribution in [2.75, 3.05) is 6.54 Å². The molecule has 1 fully saturated rings. The van der Waals surface area contributed by atoms with Gasteiger partial charge in [-0.3, -0.25) is 4.79 Å². The van der Waals surface area contributed by atoms with Gasteiger partial charge in [-0.15, -0.1) is 0 Å². The largest absolute Gasteiger partial charge is 0.353 e. The van der Waals surface area contributed by atoms with Gasteiger partial charge >= 0.3 is 0 Å². The maximum Gasteiger partial charge on any atom is 0.221 e. The molecule has 0 aliphatic heterocycles. The fourth-order valence-electron chi connectivity index (χ4n) is 2.25. The van der Waals surface area contributed by atoms with Crippen LogP contribution in [0.1, 0.15) is 46.0 Å². The molecule has 0 saturated heterocycles. The normalized spacial score (nSPS) is 27.4. The molecule has 1 unspecified atom stereocenters. The first kappa shape index (κ1) is 13.5. The van der Waals surface area contributed by atoms with Crippen molar-refractivity contribution >= 4 is 5.91 Å². The fourth-order valence-corrected chi connectivity index (χ4v) is 2.25. The number of carbonyl (C=O) groups excluding carboxylic acids is 1. The third kappa shape index (κ3) is 4.94. The molecule has 4 nitrogen and oxygen atoms in total. The first-order chi connectivity index (χ1) is 7.61. The highest BCUT2D eigenvalue weighted by Crippen LogP contribution is 2.16. The molecular formula is C12H25N3O. The average Bonchev–Trinajstić information content (AvgIpc) is 2.21. The van der Waals surface area contributed by atoms with E-state index in [9.17, 15) is 4.79 Å². The smallest absolute Gasteiger partial charge is 0.221 e. The summed E-state index contributed by atoms with van der Waals surface area (Å²) < 4.78 is 0. The molecule has 1 aliphatic carbocycles. The Morgan fingerprint density at radius 1 is 1.38 bits per heavy atom. The lowest BCUT2D eigenvalue weighted by molar-refractivity contribution is -0.122. The van der Waals surface area contributed by atoms with Gasteiger partial charge in [-0.25, -0.2) is 0 Å². The van der Waals surface area contributed by atoms with Crippen molar-refractivity contribution in [2.45, 2.75) is 64.1 Å². The second kappa shape index (κ2) is 6.86. The van der Waals surface area contributed by atoms with E-state index in [1.165, 1.54) is 0 Å². The molecule has 1 amide bonds. The monoisotopic (exact) mass is 227 g/mol. The highest BCUT2D eigenvalue weighted by Gasteiger charge is 2.20. The third-order valence-electron chi connectivity index (χ3n) is 3.18. The number of carbonyl (C=O) groups is 1. The molecule has 0 heterocycles. The van der Waals surface area contributed by atoms with Gasteiger partial charge in [0.1, 0.15) is 0 Å². The Hall–Kier alpha value is -0.610. The maximum absolute atomic E-state index is 11.7. The van der Waals surface area contributed by atoms with Crippen molar-refractivity contribution < 1.29 is 4.79 Å². The van der Waals surface area contributed by atoms with Crippen LogP contribution in [0.3, 0.4) is 0 Å². The lowest BCUT2D eigenvalue weighted by Gasteiger charge is -2.27. The summed E-state index contributed by atoms with van der Waals surface area (Å²) in [4.78, 5) is 11.7. The lowest BCUT2D eigenvalue weighted by atomic mass is 9.92. The van der Waals surface area contributed by atoms with Crippen LogP contribution in [0.4, 0.5) is 0 Å². The van der Waals surface area contributed by atoms with Crippen molar-refractivity contribution in [1.29, 1.82) is 0 Å². The average molecular weight is 227 g/mol. The van der Waals surface area contributed by atoms with Crippen LogP contribution in [-0.2, 0) is 4.79 Å². The predicted octanol–water partition coefficient (Wildman–Crippen LogP) is 0.761. The summed E-state index contributed by atoms with van der Waals surface area (Å²) in [6.07, 6.45) is 4.70. The Kier molecular flexibility index (Phi) is 5.77. The van der Waals surface area contributed by atoms with Gasteiger partial charge in [-0.05, 0) is 39.2 Å². The molecule has 4 heteroatoms. The second-order valence-corrected chi connectivity index (χ2v) is 4.84.